The van der Waals surface area contributed by atoms with Gasteiger partial charge in [0.15, 0.2) is 0 Å². The first-order chi connectivity index (χ1) is 16.7. The van der Waals surface area contributed by atoms with Crippen molar-refractivity contribution in [1.29, 1.82) is 0 Å². The molecule has 1 aromatic carbocycles. The average molecular weight is 482 g/mol. The third-order valence-corrected chi connectivity index (χ3v) is 7.99. The Labute approximate surface area is 206 Å². The van der Waals surface area contributed by atoms with Crippen molar-refractivity contribution >= 4 is 5.91 Å². The summed E-state index contributed by atoms with van der Waals surface area (Å²) in [4.78, 5) is 16.5. The SMILES string of the molecule is CC(=O)N[C@@H](Cc1ccc(F)cc1)[C@H](O)CN[C@H]1CC2(CCC2)Oc2ncc(CC3(C)CC3)cc21. The summed E-state index contributed by atoms with van der Waals surface area (Å²) in [5.41, 5.74) is 3.38. The number of carbonyl (C=O) groups is 1. The van der Waals surface area contributed by atoms with Gasteiger partial charge in [0, 0.05) is 37.7 Å². The molecule has 1 aromatic heterocycles. The van der Waals surface area contributed by atoms with Gasteiger partial charge in [0.25, 0.3) is 0 Å². The summed E-state index contributed by atoms with van der Waals surface area (Å²) >= 11 is 0. The van der Waals surface area contributed by atoms with Gasteiger partial charge in [-0.25, -0.2) is 9.37 Å². The molecule has 3 N–H and O–H groups in total. The predicted molar refractivity (Wildman–Crippen MR) is 132 cm³/mol. The third kappa shape index (κ3) is 5.67. The predicted octanol–water partition coefficient (Wildman–Crippen LogP) is 4.01. The minimum atomic E-state index is -0.811. The Kier molecular flexibility index (Phi) is 6.57. The fourth-order valence-electron chi connectivity index (χ4n) is 5.44. The number of hydrogen-bond donors (Lipinski definition) is 3. The second-order valence-corrected chi connectivity index (χ2v) is 11.2. The van der Waals surface area contributed by atoms with E-state index in [1.807, 2.05) is 6.20 Å². The molecule has 2 heterocycles. The molecule has 2 aromatic rings. The van der Waals surface area contributed by atoms with Crippen LogP contribution in [0, 0.1) is 11.2 Å². The number of fused-ring (bicyclic) bond motifs is 1. The van der Waals surface area contributed by atoms with Crippen molar-refractivity contribution < 1.29 is 19.0 Å². The molecule has 7 heteroatoms. The first kappa shape index (κ1) is 24.2. The van der Waals surface area contributed by atoms with Gasteiger partial charge in [0.05, 0.1) is 12.1 Å². The smallest absolute Gasteiger partial charge is 0.218 e. The van der Waals surface area contributed by atoms with Crippen molar-refractivity contribution in [1.82, 2.24) is 15.6 Å². The van der Waals surface area contributed by atoms with Crippen molar-refractivity contribution in [2.75, 3.05) is 6.54 Å². The fourth-order valence-corrected chi connectivity index (χ4v) is 5.44. The normalized spacial score (nSPS) is 22.9. The van der Waals surface area contributed by atoms with Gasteiger partial charge < -0.3 is 20.5 Å². The number of ether oxygens (including phenoxy) is 1. The lowest BCUT2D eigenvalue weighted by Crippen LogP contribution is -2.52. The molecule has 3 aliphatic rings. The molecule has 5 rings (SSSR count). The van der Waals surface area contributed by atoms with E-state index in [4.69, 9.17) is 9.72 Å². The number of nitrogens with zero attached hydrogens (tertiary/aromatic N) is 1. The molecule has 0 bridgehead atoms. The highest BCUT2D eigenvalue weighted by Crippen LogP contribution is 2.50. The van der Waals surface area contributed by atoms with Gasteiger partial charge in [0.2, 0.25) is 11.8 Å². The van der Waals surface area contributed by atoms with Gasteiger partial charge >= 0.3 is 0 Å². The lowest BCUT2D eigenvalue weighted by atomic mass is 9.73. The van der Waals surface area contributed by atoms with Crippen LogP contribution in [0.5, 0.6) is 5.88 Å². The molecule has 2 fully saturated rings. The second-order valence-electron chi connectivity index (χ2n) is 11.2. The molecule has 0 saturated heterocycles. The Hall–Kier alpha value is -2.51. The maximum Gasteiger partial charge on any atom is 0.218 e. The number of pyridine rings is 1. The van der Waals surface area contributed by atoms with Gasteiger partial charge in [-0.2, -0.15) is 0 Å². The third-order valence-electron chi connectivity index (χ3n) is 7.99. The van der Waals surface area contributed by atoms with E-state index < -0.39 is 12.1 Å². The molecule has 1 aliphatic heterocycles. The Balaban J connectivity index is 1.30. The van der Waals surface area contributed by atoms with Crippen LogP contribution < -0.4 is 15.4 Å². The molecule has 0 unspecified atom stereocenters. The largest absolute Gasteiger partial charge is 0.471 e. The fraction of sp³-hybridized carbons (Fsp3) is 0.571. The number of amides is 1. The van der Waals surface area contributed by atoms with Crippen LogP contribution in [-0.2, 0) is 17.6 Å². The number of hydrogen-bond acceptors (Lipinski definition) is 5. The van der Waals surface area contributed by atoms with Gasteiger partial charge in [-0.05, 0) is 79.7 Å². The quantitative estimate of drug-likeness (QED) is 0.504. The standard InChI is InChI=1S/C28H36FN3O3/c1-18(33)32-23(13-19-4-6-21(29)7-5-19)25(34)17-30-24-15-28(8-3-9-28)35-26-22(24)12-20(16-31-26)14-27(2)10-11-27/h4-7,12,16,23-25,30,34H,3,8-11,13-15,17H2,1-2H3,(H,32,33)/t23-,24-,25+/m0/s1. The van der Waals surface area contributed by atoms with Gasteiger partial charge in [0.1, 0.15) is 11.4 Å². The van der Waals surface area contributed by atoms with Crippen molar-refractivity contribution in [2.45, 2.75) is 89.0 Å². The molecule has 35 heavy (non-hydrogen) atoms. The van der Waals surface area contributed by atoms with E-state index in [9.17, 15) is 14.3 Å². The maximum atomic E-state index is 13.3. The summed E-state index contributed by atoms with van der Waals surface area (Å²) in [6, 6.07) is 7.94. The van der Waals surface area contributed by atoms with Crippen LogP contribution in [0.4, 0.5) is 4.39 Å². The Morgan fingerprint density at radius 3 is 2.60 bits per heavy atom. The highest BCUT2D eigenvalue weighted by Gasteiger charge is 2.46. The number of halogens is 1. The number of nitrogens with one attached hydrogen (secondary N) is 2. The minimum absolute atomic E-state index is 0.0250. The van der Waals surface area contributed by atoms with Crippen molar-refractivity contribution in [3.05, 3.63) is 59.0 Å². The number of rotatable bonds is 9. The topological polar surface area (TPSA) is 83.5 Å². The lowest BCUT2D eigenvalue weighted by molar-refractivity contribution is -0.120. The van der Waals surface area contributed by atoms with Crippen LogP contribution in [0.15, 0.2) is 36.5 Å². The monoisotopic (exact) mass is 481 g/mol. The second kappa shape index (κ2) is 9.51. The molecule has 1 amide bonds. The summed E-state index contributed by atoms with van der Waals surface area (Å²) in [7, 11) is 0. The zero-order valence-corrected chi connectivity index (χ0v) is 20.6. The van der Waals surface area contributed by atoms with E-state index in [0.29, 0.717) is 24.3 Å². The molecule has 188 valence electrons. The van der Waals surface area contributed by atoms with E-state index >= 15 is 0 Å². The molecule has 0 radical (unpaired) electrons. The Morgan fingerprint density at radius 1 is 1.23 bits per heavy atom. The number of carbonyl (C=O) groups excluding carboxylic acids is 1. The number of aliphatic hydroxyl groups excluding tert-OH is 1. The molecule has 1 spiro atoms. The molecular formula is C28H36FN3O3. The van der Waals surface area contributed by atoms with Crippen molar-refractivity contribution in [3.8, 4) is 5.88 Å². The summed E-state index contributed by atoms with van der Waals surface area (Å²) in [5.74, 6) is 0.194. The van der Waals surface area contributed by atoms with Crippen LogP contribution in [0.25, 0.3) is 0 Å². The van der Waals surface area contributed by atoms with Crippen LogP contribution in [-0.4, -0.2) is 40.3 Å². The van der Waals surface area contributed by atoms with Crippen LogP contribution in [0.3, 0.4) is 0 Å². The zero-order valence-electron chi connectivity index (χ0n) is 20.6. The van der Waals surface area contributed by atoms with E-state index in [-0.39, 0.29) is 23.4 Å². The van der Waals surface area contributed by atoms with Crippen LogP contribution in [0.1, 0.15) is 75.1 Å². The van der Waals surface area contributed by atoms with Crippen molar-refractivity contribution in [2.24, 2.45) is 5.41 Å². The van der Waals surface area contributed by atoms with Crippen LogP contribution >= 0.6 is 0 Å². The Morgan fingerprint density at radius 2 is 1.97 bits per heavy atom. The van der Waals surface area contributed by atoms with Gasteiger partial charge in [-0.3, -0.25) is 4.79 Å². The van der Waals surface area contributed by atoms with Gasteiger partial charge in [-0.1, -0.05) is 19.1 Å². The minimum Gasteiger partial charge on any atom is -0.471 e. The maximum absolute atomic E-state index is 13.3. The number of aromatic nitrogens is 1. The first-order valence-electron chi connectivity index (χ1n) is 12.8. The van der Waals surface area contributed by atoms with Crippen molar-refractivity contribution in [3.63, 3.8) is 0 Å². The highest BCUT2D eigenvalue weighted by molar-refractivity contribution is 5.73. The van der Waals surface area contributed by atoms with Gasteiger partial charge in [-0.15, -0.1) is 0 Å². The van der Waals surface area contributed by atoms with E-state index in [0.717, 1.165) is 43.2 Å². The number of aliphatic hydroxyl groups is 1. The summed E-state index contributed by atoms with van der Waals surface area (Å²) in [6.45, 7) is 4.08. The Bertz CT molecular complexity index is 1070. The lowest BCUT2D eigenvalue weighted by Gasteiger charge is -2.47. The van der Waals surface area contributed by atoms with E-state index in [1.165, 1.54) is 37.5 Å². The van der Waals surface area contributed by atoms with E-state index in [1.54, 1.807) is 12.1 Å². The molecule has 2 saturated carbocycles. The molecule has 2 aliphatic carbocycles. The number of benzene rings is 1. The first-order valence-corrected chi connectivity index (χ1v) is 12.8. The highest BCUT2D eigenvalue weighted by atomic mass is 19.1. The average Bonchev–Trinajstić information content (AvgIpc) is 3.53. The molecular weight excluding hydrogens is 445 g/mol. The van der Waals surface area contributed by atoms with E-state index in [2.05, 4.69) is 23.6 Å². The molecule has 6 nitrogen and oxygen atoms in total. The summed E-state index contributed by atoms with van der Waals surface area (Å²) in [5, 5.41) is 17.5. The van der Waals surface area contributed by atoms with Crippen LogP contribution in [0.2, 0.25) is 0 Å². The molecule has 3 atom stereocenters. The zero-order chi connectivity index (χ0) is 24.6. The summed E-state index contributed by atoms with van der Waals surface area (Å²) in [6.07, 6.45) is 9.16. The summed E-state index contributed by atoms with van der Waals surface area (Å²) < 4.78 is 19.7.